The Balaban J connectivity index is 2.72. The number of carbonyl (C=O) groups excluding carboxylic acids is 1. The van der Waals surface area contributed by atoms with E-state index in [2.05, 4.69) is 20.7 Å². The second-order valence-corrected chi connectivity index (χ2v) is 3.69. The fourth-order valence-electron chi connectivity index (χ4n) is 1.39. The number of hydrogen-bond acceptors (Lipinski definition) is 2. The lowest BCUT2D eigenvalue weighted by Crippen LogP contribution is -2.09. The first-order chi connectivity index (χ1) is 6.74. The standard InChI is InChI=1S/C10H8BrNO2/c1-14-10(13)12-6-8(11)7-4-2-3-5-9(7)12/h2-6H,1H3. The van der Waals surface area contributed by atoms with Crippen LogP contribution in [0.15, 0.2) is 34.9 Å². The zero-order valence-electron chi connectivity index (χ0n) is 7.53. The van der Waals surface area contributed by atoms with Crippen LogP contribution >= 0.6 is 15.9 Å². The Morgan fingerprint density at radius 1 is 1.43 bits per heavy atom. The summed E-state index contributed by atoms with van der Waals surface area (Å²) in [7, 11) is 1.37. The molecule has 0 spiro atoms. The first-order valence-electron chi connectivity index (χ1n) is 4.08. The van der Waals surface area contributed by atoms with Crippen molar-refractivity contribution in [2.45, 2.75) is 0 Å². The van der Waals surface area contributed by atoms with Gasteiger partial charge < -0.3 is 4.74 Å². The predicted octanol–water partition coefficient (Wildman–Crippen LogP) is 3.02. The largest absolute Gasteiger partial charge is 0.452 e. The maximum Gasteiger partial charge on any atom is 0.418 e. The van der Waals surface area contributed by atoms with Gasteiger partial charge in [-0.15, -0.1) is 0 Å². The summed E-state index contributed by atoms with van der Waals surface area (Å²) in [5.41, 5.74) is 0.839. The second kappa shape index (κ2) is 3.46. The van der Waals surface area contributed by atoms with E-state index in [0.717, 1.165) is 15.4 Å². The van der Waals surface area contributed by atoms with Crippen LogP contribution in [-0.4, -0.2) is 17.8 Å². The normalized spacial score (nSPS) is 10.4. The van der Waals surface area contributed by atoms with Crippen LogP contribution in [0, 0.1) is 0 Å². The Bertz CT molecular complexity index is 490. The molecule has 0 aliphatic rings. The van der Waals surface area contributed by atoms with Gasteiger partial charge in [-0.25, -0.2) is 4.79 Å². The average Bonchev–Trinajstić information content (AvgIpc) is 2.56. The minimum Gasteiger partial charge on any atom is -0.452 e. The number of ether oxygens (including phenoxy) is 1. The Morgan fingerprint density at radius 3 is 2.86 bits per heavy atom. The summed E-state index contributed by atoms with van der Waals surface area (Å²) in [6, 6.07) is 7.62. The first-order valence-corrected chi connectivity index (χ1v) is 4.87. The molecule has 0 N–H and O–H groups in total. The highest BCUT2D eigenvalue weighted by molar-refractivity contribution is 9.10. The van der Waals surface area contributed by atoms with E-state index in [1.54, 1.807) is 6.20 Å². The molecule has 0 radical (unpaired) electrons. The Kier molecular flexibility index (Phi) is 2.29. The summed E-state index contributed by atoms with van der Waals surface area (Å²) in [5, 5.41) is 0.998. The number of para-hydroxylation sites is 1. The molecule has 0 bridgehead atoms. The molecule has 1 aromatic carbocycles. The van der Waals surface area contributed by atoms with Crippen molar-refractivity contribution < 1.29 is 9.53 Å². The number of benzene rings is 1. The summed E-state index contributed by atoms with van der Waals surface area (Å²) in [6.45, 7) is 0. The summed E-state index contributed by atoms with van der Waals surface area (Å²) >= 11 is 3.39. The number of rotatable bonds is 0. The first kappa shape index (κ1) is 9.27. The number of methoxy groups -OCH3 is 1. The van der Waals surface area contributed by atoms with Gasteiger partial charge in [0.25, 0.3) is 0 Å². The summed E-state index contributed by atoms with van der Waals surface area (Å²) in [5.74, 6) is 0. The maximum absolute atomic E-state index is 11.4. The Morgan fingerprint density at radius 2 is 2.14 bits per heavy atom. The molecule has 1 aromatic heterocycles. The molecule has 1 heterocycles. The molecule has 0 saturated carbocycles. The van der Waals surface area contributed by atoms with Gasteiger partial charge in [0, 0.05) is 16.1 Å². The summed E-state index contributed by atoms with van der Waals surface area (Å²) in [6.07, 6.45) is 1.32. The van der Waals surface area contributed by atoms with Crippen molar-refractivity contribution in [1.82, 2.24) is 4.57 Å². The number of aromatic nitrogens is 1. The molecular formula is C10H8BrNO2. The molecular weight excluding hydrogens is 246 g/mol. The highest BCUT2D eigenvalue weighted by atomic mass is 79.9. The molecule has 0 saturated heterocycles. The molecule has 14 heavy (non-hydrogen) atoms. The SMILES string of the molecule is COC(=O)n1cc(Br)c2ccccc21. The second-order valence-electron chi connectivity index (χ2n) is 2.83. The van der Waals surface area contributed by atoms with E-state index in [4.69, 9.17) is 0 Å². The summed E-state index contributed by atoms with van der Waals surface area (Å²) < 4.78 is 7.02. The zero-order chi connectivity index (χ0) is 10.1. The third-order valence-corrected chi connectivity index (χ3v) is 2.67. The van der Waals surface area contributed by atoms with Gasteiger partial charge in [-0.1, -0.05) is 18.2 Å². The van der Waals surface area contributed by atoms with Crippen LogP contribution in [-0.2, 0) is 4.74 Å². The quantitative estimate of drug-likeness (QED) is 0.723. The van der Waals surface area contributed by atoms with Gasteiger partial charge in [-0.2, -0.15) is 0 Å². The minimum atomic E-state index is -0.382. The van der Waals surface area contributed by atoms with Crippen molar-refractivity contribution in [2.75, 3.05) is 7.11 Å². The van der Waals surface area contributed by atoms with E-state index in [1.807, 2.05) is 24.3 Å². The molecule has 0 aliphatic heterocycles. The lowest BCUT2D eigenvalue weighted by Gasteiger charge is -2.00. The van der Waals surface area contributed by atoms with E-state index < -0.39 is 0 Å². The molecule has 72 valence electrons. The van der Waals surface area contributed by atoms with Crippen molar-refractivity contribution >= 4 is 32.9 Å². The smallest absolute Gasteiger partial charge is 0.418 e. The van der Waals surface area contributed by atoms with E-state index in [9.17, 15) is 4.79 Å². The lowest BCUT2D eigenvalue weighted by atomic mass is 10.2. The number of hydrogen-bond donors (Lipinski definition) is 0. The van der Waals surface area contributed by atoms with E-state index >= 15 is 0 Å². The van der Waals surface area contributed by atoms with Crippen molar-refractivity contribution in [3.05, 3.63) is 34.9 Å². The van der Waals surface area contributed by atoms with Gasteiger partial charge in [0.15, 0.2) is 0 Å². The van der Waals surface area contributed by atoms with E-state index in [-0.39, 0.29) is 6.09 Å². The van der Waals surface area contributed by atoms with Crippen LogP contribution < -0.4 is 0 Å². The van der Waals surface area contributed by atoms with Gasteiger partial charge >= 0.3 is 6.09 Å². The van der Waals surface area contributed by atoms with Crippen molar-refractivity contribution in [3.63, 3.8) is 0 Å². The molecule has 2 rings (SSSR count). The molecule has 2 aromatic rings. The lowest BCUT2D eigenvalue weighted by molar-refractivity contribution is 0.174. The third-order valence-electron chi connectivity index (χ3n) is 2.03. The van der Waals surface area contributed by atoms with Gasteiger partial charge in [0.1, 0.15) is 0 Å². The average molecular weight is 254 g/mol. The van der Waals surface area contributed by atoms with Crippen molar-refractivity contribution in [2.24, 2.45) is 0 Å². The number of nitrogens with zero attached hydrogens (tertiary/aromatic N) is 1. The van der Waals surface area contributed by atoms with E-state index in [1.165, 1.54) is 11.7 Å². The van der Waals surface area contributed by atoms with Crippen molar-refractivity contribution in [3.8, 4) is 0 Å². The molecule has 0 atom stereocenters. The topological polar surface area (TPSA) is 31.2 Å². The molecule has 0 fully saturated rings. The minimum absolute atomic E-state index is 0.382. The number of fused-ring (bicyclic) bond motifs is 1. The van der Waals surface area contributed by atoms with Crippen LogP contribution in [0.2, 0.25) is 0 Å². The highest BCUT2D eigenvalue weighted by Crippen LogP contribution is 2.25. The number of halogens is 1. The Hall–Kier alpha value is -1.29. The third kappa shape index (κ3) is 1.32. The fourth-order valence-corrected chi connectivity index (χ4v) is 1.93. The highest BCUT2D eigenvalue weighted by Gasteiger charge is 2.11. The van der Waals surface area contributed by atoms with Gasteiger partial charge in [0.2, 0.25) is 0 Å². The molecule has 0 amide bonds. The van der Waals surface area contributed by atoms with Crippen LogP contribution in [0.3, 0.4) is 0 Å². The predicted molar refractivity (Wildman–Crippen MR) is 57.4 cm³/mol. The van der Waals surface area contributed by atoms with Crippen LogP contribution in [0.5, 0.6) is 0 Å². The van der Waals surface area contributed by atoms with Crippen LogP contribution in [0.25, 0.3) is 10.9 Å². The van der Waals surface area contributed by atoms with Gasteiger partial charge in [0.05, 0.1) is 12.6 Å². The fraction of sp³-hybridized carbons (Fsp3) is 0.100. The van der Waals surface area contributed by atoms with Gasteiger partial charge in [-0.3, -0.25) is 4.57 Å². The monoisotopic (exact) mass is 253 g/mol. The Labute approximate surface area is 89.4 Å². The van der Waals surface area contributed by atoms with E-state index in [0.29, 0.717) is 0 Å². The van der Waals surface area contributed by atoms with Crippen LogP contribution in [0.4, 0.5) is 4.79 Å². The van der Waals surface area contributed by atoms with Gasteiger partial charge in [-0.05, 0) is 22.0 Å². The molecule has 0 unspecified atom stereocenters. The number of carbonyl (C=O) groups is 1. The maximum atomic E-state index is 11.4. The molecule has 0 aliphatic carbocycles. The van der Waals surface area contributed by atoms with Crippen LogP contribution in [0.1, 0.15) is 0 Å². The van der Waals surface area contributed by atoms with Crippen molar-refractivity contribution in [1.29, 1.82) is 0 Å². The summed E-state index contributed by atoms with van der Waals surface area (Å²) in [4.78, 5) is 11.4. The zero-order valence-corrected chi connectivity index (χ0v) is 9.11. The molecule has 4 heteroatoms. The molecule has 3 nitrogen and oxygen atoms in total.